The van der Waals surface area contributed by atoms with E-state index in [-0.39, 0.29) is 10.8 Å². The molecule has 124 valence electrons. The van der Waals surface area contributed by atoms with Crippen LogP contribution in [-0.2, 0) is 10.8 Å². The van der Waals surface area contributed by atoms with Crippen LogP contribution in [0.5, 0.6) is 5.75 Å². The van der Waals surface area contributed by atoms with E-state index in [1.165, 1.54) is 0 Å². The molecule has 3 nitrogen and oxygen atoms in total. The molecule has 0 aliphatic heterocycles. The Morgan fingerprint density at radius 2 is 1.41 bits per heavy atom. The van der Waals surface area contributed by atoms with Crippen LogP contribution < -0.4 is 0 Å². The summed E-state index contributed by atoms with van der Waals surface area (Å²) >= 11 is 0. The van der Waals surface area contributed by atoms with E-state index in [1.807, 2.05) is 32.9 Å². The van der Waals surface area contributed by atoms with Crippen molar-refractivity contribution in [2.24, 2.45) is 0 Å². The predicted octanol–water partition coefficient (Wildman–Crippen LogP) is 4.71. The summed E-state index contributed by atoms with van der Waals surface area (Å²) in [6.07, 6.45) is 1.59. The van der Waals surface area contributed by atoms with Crippen LogP contribution in [0.3, 0.4) is 0 Å². The summed E-state index contributed by atoms with van der Waals surface area (Å²) in [6, 6.07) is 3.87. The van der Waals surface area contributed by atoms with Crippen molar-refractivity contribution >= 4 is 6.21 Å². The molecule has 0 saturated heterocycles. The van der Waals surface area contributed by atoms with E-state index in [1.54, 1.807) is 6.21 Å². The highest BCUT2D eigenvalue weighted by molar-refractivity contribution is 5.81. The van der Waals surface area contributed by atoms with Gasteiger partial charge in [-0.25, -0.2) is 4.74 Å². The van der Waals surface area contributed by atoms with Gasteiger partial charge in [-0.05, 0) is 22.5 Å². The predicted molar refractivity (Wildman–Crippen MR) is 94.1 cm³/mol. The van der Waals surface area contributed by atoms with Crippen molar-refractivity contribution in [3.63, 3.8) is 0 Å². The summed E-state index contributed by atoms with van der Waals surface area (Å²) < 4.78 is 0.952. The first-order chi connectivity index (χ1) is 9.65. The number of rotatable bonds is 1. The number of hydrogen-bond acceptors (Lipinski definition) is 2. The van der Waals surface area contributed by atoms with Gasteiger partial charge in [0.15, 0.2) is 11.8 Å². The van der Waals surface area contributed by atoms with Crippen molar-refractivity contribution in [1.29, 1.82) is 0 Å². The van der Waals surface area contributed by atoms with Gasteiger partial charge in [0.2, 0.25) is 0 Å². The molecule has 0 radical (unpaired) electrons. The van der Waals surface area contributed by atoms with Crippen LogP contribution in [0.15, 0.2) is 12.1 Å². The van der Waals surface area contributed by atoms with Crippen molar-refractivity contribution in [3.05, 3.63) is 34.0 Å². The zero-order chi connectivity index (χ0) is 17.5. The molecule has 1 aromatic carbocycles. The molecule has 1 rings (SSSR count). The normalized spacial score (nSPS) is 14.3. The second-order valence-corrected chi connectivity index (χ2v) is 9.05. The minimum Gasteiger partial charge on any atom is -0.623 e. The fourth-order valence-corrected chi connectivity index (χ4v) is 2.43. The third-order valence-electron chi connectivity index (χ3n) is 3.69. The van der Waals surface area contributed by atoms with Crippen LogP contribution in [0.4, 0.5) is 0 Å². The Bertz CT molecular complexity index is 579. The van der Waals surface area contributed by atoms with Crippen LogP contribution in [0, 0.1) is 5.21 Å². The second kappa shape index (κ2) is 5.60. The highest BCUT2D eigenvalue weighted by Gasteiger charge is 2.29. The lowest BCUT2D eigenvalue weighted by Crippen LogP contribution is -2.30. The fourth-order valence-electron chi connectivity index (χ4n) is 2.43. The number of benzene rings is 1. The summed E-state index contributed by atoms with van der Waals surface area (Å²) in [5.41, 5.74) is 1.60. The standard InChI is InChI=1S/C19H31NO2/c1-17(2,3)14-11-10-13(12-20(22)19(7,8)9)15(16(14)21)18(4,5)6/h10-12,21H,1-9H3. The molecule has 22 heavy (non-hydrogen) atoms. The summed E-state index contributed by atoms with van der Waals surface area (Å²) in [7, 11) is 0. The molecular weight excluding hydrogens is 274 g/mol. The van der Waals surface area contributed by atoms with E-state index < -0.39 is 5.54 Å². The van der Waals surface area contributed by atoms with Gasteiger partial charge in [0.25, 0.3) is 0 Å². The fraction of sp³-hybridized carbons (Fsp3) is 0.632. The maximum atomic E-state index is 12.3. The first-order valence-electron chi connectivity index (χ1n) is 7.84. The third-order valence-corrected chi connectivity index (χ3v) is 3.69. The monoisotopic (exact) mass is 305 g/mol. The SMILES string of the molecule is CC(C)(C)c1ccc(C=[N+]([O-])C(C)(C)C)c(C(C)(C)C)c1O. The molecule has 0 aromatic heterocycles. The number of hydrogen-bond donors (Lipinski definition) is 1. The molecule has 0 aliphatic carbocycles. The van der Waals surface area contributed by atoms with Gasteiger partial charge < -0.3 is 10.3 Å². The van der Waals surface area contributed by atoms with Gasteiger partial charge in [0.05, 0.1) is 0 Å². The van der Waals surface area contributed by atoms with E-state index >= 15 is 0 Å². The maximum absolute atomic E-state index is 12.3. The molecule has 0 heterocycles. The molecular formula is C19H31NO2. The van der Waals surface area contributed by atoms with Gasteiger partial charge in [-0.2, -0.15) is 0 Å². The van der Waals surface area contributed by atoms with Crippen LogP contribution in [0.25, 0.3) is 0 Å². The first-order valence-corrected chi connectivity index (χ1v) is 7.84. The number of aromatic hydroxyl groups is 1. The Kier molecular flexibility index (Phi) is 4.72. The Hall–Kier alpha value is -1.51. The van der Waals surface area contributed by atoms with Crippen molar-refractivity contribution < 1.29 is 9.85 Å². The van der Waals surface area contributed by atoms with Gasteiger partial charge in [0, 0.05) is 31.9 Å². The first kappa shape index (κ1) is 18.5. The number of phenolic OH excluding ortho intramolecular Hbond substituents is 1. The molecule has 0 unspecified atom stereocenters. The van der Waals surface area contributed by atoms with E-state index in [0.29, 0.717) is 5.75 Å². The van der Waals surface area contributed by atoms with Gasteiger partial charge in [0.1, 0.15) is 5.75 Å². The van der Waals surface area contributed by atoms with Crippen LogP contribution in [0.1, 0.15) is 79.0 Å². The molecule has 0 atom stereocenters. The molecule has 0 fully saturated rings. The van der Waals surface area contributed by atoms with E-state index in [9.17, 15) is 10.3 Å². The van der Waals surface area contributed by atoms with Crippen molar-refractivity contribution in [1.82, 2.24) is 0 Å². The summed E-state index contributed by atoms with van der Waals surface area (Å²) in [4.78, 5) is 0. The number of phenols is 1. The van der Waals surface area contributed by atoms with Gasteiger partial charge >= 0.3 is 0 Å². The number of nitrogens with zero attached hydrogens (tertiary/aromatic N) is 1. The molecule has 0 amide bonds. The molecule has 0 saturated carbocycles. The lowest BCUT2D eigenvalue weighted by atomic mass is 9.77. The number of hydroxylamine groups is 1. The maximum Gasteiger partial charge on any atom is 0.182 e. The molecule has 1 aromatic rings. The summed E-state index contributed by atoms with van der Waals surface area (Å²) in [5, 5.41) is 23.1. The van der Waals surface area contributed by atoms with Crippen molar-refractivity contribution in [2.75, 3.05) is 0 Å². The lowest BCUT2D eigenvalue weighted by molar-refractivity contribution is -0.530. The second-order valence-electron chi connectivity index (χ2n) is 9.05. The van der Waals surface area contributed by atoms with Gasteiger partial charge in [-0.3, -0.25) is 0 Å². The quantitative estimate of drug-likeness (QED) is 0.353. The minimum atomic E-state index is -0.506. The van der Waals surface area contributed by atoms with E-state index in [0.717, 1.165) is 21.4 Å². The molecule has 0 spiro atoms. The zero-order valence-electron chi connectivity index (χ0n) is 15.5. The van der Waals surface area contributed by atoms with E-state index in [2.05, 4.69) is 41.5 Å². The molecule has 0 bridgehead atoms. The van der Waals surface area contributed by atoms with Crippen LogP contribution >= 0.6 is 0 Å². The Balaban J connectivity index is 3.66. The van der Waals surface area contributed by atoms with Crippen LogP contribution in [-0.4, -0.2) is 21.6 Å². The Labute approximate surface area is 135 Å². The molecule has 3 heteroatoms. The van der Waals surface area contributed by atoms with Gasteiger partial charge in [-0.1, -0.05) is 47.6 Å². The topological polar surface area (TPSA) is 46.3 Å². The Morgan fingerprint density at radius 3 is 1.77 bits per heavy atom. The van der Waals surface area contributed by atoms with Crippen LogP contribution in [0.2, 0.25) is 0 Å². The average molecular weight is 305 g/mol. The minimum absolute atomic E-state index is 0.149. The van der Waals surface area contributed by atoms with Gasteiger partial charge in [-0.15, -0.1) is 0 Å². The highest BCUT2D eigenvalue weighted by atomic mass is 16.5. The molecule has 1 N–H and O–H groups in total. The lowest BCUT2D eigenvalue weighted by Gasteiger charge is -2.28. The largest absolute Gasteiger partial charge is 0.623 e. The summed E-state index contributed by atoms with van der Waals surface area (Å²) in [5.74, 6) is 0.302. The van der Waals surface area contributed by atoms with E-state index in [4.69, 9.17) is 0 Å². The molecule has 0 aliphatic rings. The highest BCUT2D eigenvalue weighted by Crippen LogP contribution is 2.40. The zero-order valence-corrected chi connectivity index (χ0v) is 15.5. The summed E-state index contributed by atoms with van der Waals surface area (Å²) in [6.45, 7) is 18.0. The third kappa shape index (κ3) is 4.02. The average Bonchev–Trinajstić information content (AvgIpc) is 2.23. The smallest absolute Gasteiger partial charge is 0.182 e. The van der Waals surface area contributed by atoms with Crippen molar-refractivity contribution in [3.8, 4) is 5.75 Å². The Morgan fingerprint density at radius 1 is 0.909 bits per heavy atom. The van der Waals surface area contributed by atoms with Crippen molar-refractivity contribution in [2.45, 2.75) is 78.7 Å².